The molecule has 0 heterocycles. The summed E-state index contributed by atoms with van der Waals surface area (Å²) in [4.78, 5) is 22.4. The van der Waals surface area contributed by atoms with Crippen LogP contribution in [-0.4, -0.2) is 23.8 Å². The molecular formula is C17H12N2O6S. The molecule has 0 bridgehead atoms. The van der Waals surface area contributed by atoms with Crippen LogP contribution in [0.4, 0.5) is 11.4 Å². The van der Waals surface area contributed by atoms with Gasteiger partial charge in [0.2, 0.25) is 0 Å². The van der Waals surface area contributed by atoms with Crippen molar-refractivity contribution in [1.29, 1.82) is 0 Å². The number of nitro groups is 1. The van der Waals surface area contributed by atoms with Crippen LogP contribution in [0, 0.1) is 10.1 Å². The summed E-state index contributed by atoms with van der Waals surface area (Å²) in [6.07, 6.45) is 0. The first kappa shape index (κ1) is 17.5. The second-order valence-corrected chi connectivity index (χ2v) is 6.73. The summed E-state index contributed by atoms with van der Waals surface area (Å²) >= 11 is 0. The average molecular weight is 372 g/mol. The average Bonchev–Trinajstić information content (AvgIpc) is 2.60. The summed E-state index contributed by atoms with van der Waals surface area (Å²) in [6, 6.07) is 14.6. The van der Waals surface area contributed by atoms with Crippen LogP contribution in [-0.2, 0) is 10.1 Å². The van der Waals surface area contributed by atoms with Crippen LogP contribution in [0.15, 0.2) is 65.6 Å². The number of hydrogen-bond acceptors (Lipinski definition) is 5. The highest BCUT2D eigenvalue weighted by atomic mass is 32.2. The van der Waals surface area contributed by atoms with Crippen molar-refractivity contribution in [2.24, 2.45) is 0 Å². The number of para-hydroxylation sites is 1. The van der Waals surface area contributed by atoms with Gasteiger partial charge in [0.15, 0.2) is 0 Å². The van der Waals surface area contributed by atoms with Gasteiger partial charge in [0.05, 0.1) is 10.6 Å². The maximum Gasteiger partial charge on any atom is 0.297 e. The lowest BCUT2D eigenvalue weighted by molar-refractivity contribution is -0.385. The number of carbonyl (C=O) groups excluding carboxylic acids is 1. The van der Waals surface area contributed by atoms with Gasteiger partial charge in [0, 0.05) is 11.5 Å². The van der Waals surface area contributed by atoms with Crippen molar-refractivity contribution < 1.29 is 22.7 Å². The zero-order valence-corrected chi connectivity index (χ0v) is 13.9. The lowest BCUT2D eigenvalue weighted by Crippen LogP contribution is -2.16. The molecule has 1 amide bonds. The second kappa shape index (κ2) is 6.54. The number of carbonyl (C=O) groups is 1. The van der Waals surface area contributed by atoms with Crippen LogP contribution in [0.3, 0.4) is 0 Å². The number of nitrogens with zero attached hydrogens (tertiary/aromatic N) is 1. The molecule has 8 nitrogen and oxygen atoms in total. The highest BCUT2D eigenvalue weighted by Crippen LogP contribution is 2.31. The van der Waals surface area contributed by atoms with Gasteiger partial charge in [0.25, 0.3) is 21.7 Å². The number of benzene rings is 3. The van der Waals surface area contributed by atoms with E-state index in [9.17, 15) is 27.9 Å². The van der Waals surface area contributed by atoms with E-state index in [1.807, 2.05) is 0 Å². The topological polar surface area (TPSA) is 127 Å². The maximum absolute atomic E-state index is 12.5. The van der Waals surface area contributed by atoms with Gasteiger partial charge < -0.3 is 5.32 Å². The van der Waals surface area contributed by atoms with E-state index in [1.54, 1.807) is 24.3 Å². The Labute approximate surface area is 148 Å². The fraction of sp³-hybridized carbons (Fsp3) is 0. The van der Waals surface area contributed by atoms with Gasteiger partial charge in [0.1, 0.15) is 10.5 Å². The molecule has 0 aliphatic rings. The van der Waals surface area contributed by atoms with Crippen molar-refractivity contribution in [1.82, 2.24) is 0 Å². The first-order valence-corrected chi connectivity index (χ1v) is 8.77. The van der Waals surface area contributed by atoms with Gasteiger partial charge in [-0.1, -0.05) is 42.5 Å². The third-order valence-electron chi connectivity index (χ3n) is 3.73. The minimum Gasteiger partial charge on any atom is -0.320 e. The zero-order valence-electron chi connectivity index (χ0n) is 13.1. The number of amides is 1. The number of anilines is 1. The molecule has 0 spiro atoms. The molecule has 26 heavy (non-hydrogen) atoms. The van der Waals surface area contributed by atoms with Gasteiger partial charge >= 0.3 is 0 Å². The van der Waals surface area contributed by atoms with Crippen molar-refractivity contribution in [2.45, 2.75) is 4.90 Å². The SMILES string of the molecule is O=C(Nc1ccc2ccccc2c1S(=O)(=O)O)c1ccccc1[N+](=O)[O-]. The van der Waals surface area contributed by atoms with Gasteiger partial charge in [-0.05, 0) is 17.5 Å². The Balaban J connectivity index is 2.13. The monoisotopic (exact) mass is 372 g/mol. The molecular weight excluding hydrogens is 360 g/mol. The van der Waals surface area contributed by atoms with E-state index in [-0.39, 0.29) is 16.6 Å². The minimum atomic E-state index is -4.66. The Morgan fingerprint density at radius 2 is 1.65 bits per heavy atom. The van der Waals surface area contributed by atoms with Gasteiger partial charge in [-0.15, -0.1) is 0 Å². The third-order valence-corrected chi connectivity index (χ3v) is 4.69. The summed E-state index contributed by atoms with van der Waals surface area (Å²) < 4.78 is 33.3. The summed E-state index contributed by atoms with van der Waals surface area (Å²) in [6.45, 7) is 0. The Hall–Kier alpha value is -3.30. The molecule has 0 radical (unpaired) electrons. The molecule has 132 valence electrons. The van der Waals surface area contributed by atoms with Crippen LogP contribution < -0.4 is 5.32 Å². The number of fused-ring (bicyclic) bond motifs is 1. The van der Waals surface area contributed by atoms with E-state index in [2.05, 4.69) is 5.32 Å². The molecule has 0 fully saturated rings. The summed E-state index contributed by atoms with van der Waals surface area (Å²) in [5.41, 5.74) is -0.819. The van der Waals surface area contributed by atoms with Crippen LogP contribution in [0.25, 0.3) is 10.8 Å². The van der Waals surface area contributed by atoms with Crippen LogP contribution in [0.1, 0.15) is 10.4 Å². The molecule has 3 aromatic carbocycles. The van der Waals surface area contributed by atoms with Gasteiger partial charge in [-0.2, -0.15) is 8.42 Å². The summed E-state index contributed by atoms with van der Waals surface area (Å²) in [5, 5.41) is 14.2. The number of nitro benzene ring substituents is 1. The normalized spacial score (nSPS) is 11.3. The fourth-order valence-electron chi connectivity index (χ4n) is 2.63. The van der Waals surface area contributed by atoms with Gasteiger partial charge in [-0.25, -0.2) is 0 Å². The molecule has 0 aromatic heterocycles. The van der Waals surface area contributed by atoms with E-state index in [0.29, 0.717) is 5.39 Å². The fourth-order valence-corrected chi connectivity index (χ4v) is 3.49. The van der Waals surface area contributed by atoms with E-state index in [0.717, 1.165) is 0 Å². The molecule has 0 atom stereocenters. The Morgan fingerprint density at radius 1 is 1.00 bits per heavy atom. The molecule has 3 rings (SSSR count). The van der Waals surface area contributed by atoms with Crippen molar-refractivity contribution in [2.75, 3.05) is 5.32 Å². The largest absolute Gasteiger partial charge is 0.320 e. The Morgan fingerprint density at radius 3 is 2.35 bits per heavy atom. The van der Waals surface area contributed by atoms with Crippen LogP contribution in [0.5, 0.6) is 0 Å². The number of rotatable bonds is 4. The molecule has 3 aromatic rings. The minimum absolute atomic E-state index is 0.172. The van der Waals surface area contributed by atoms with Crippen LogP contribution in [0.2, 0.25) is 0 Å². The smallest absolute Gasteiger partial charge is 0.297 e. The Bertz CT molecular complexity index is 1140. The predicted octanol–water partition coefficient (Wildman–Crippen LogP) is 3.25. The molecule has 0 aliphatic carbocycles. The van der Waals surface area contributed by atoms with Crippen molar-refractivity contribution >= 4 is 38.2 Å². The standard InChI is InChI=1S/C17H12N2O6S/c20-17(13-7-3-4-8-15(13)19(21)22)18-14-10-9-11-5-1-2-6-12(11)16(14)26(23,24)25/h1-10H,(H,18,20)(H,23,24,25). The lowest BCUT2D eigenvalue weighted by Gasteiger charge is -2.12. The molecule has 0 aliphatic heterocycles. The molecule has 0 saturated carbocycles. The lowest BCUT2D eigenvalue weighted by atomic mass is 10.1. The molecule has 0 unspecified atom stereocenters. The second-order valence-electron chi connectivity index (χ2n) is 5.37. The first-order chi connectivity index (χ1) is 12.3. The van der Waals surface area contributed by atoms with Crippen molar-refractivity contribution in [3.8, 4) is 0 Å². The summed E-state index contributed by atoms with van der Waals surface area (Å²) in [5.74, 6) is -0.863. The van der Waals surface area contributed by atoms with E-state index >= 15 is 0 Å². The zero-order chi connectivity index (χ0) is 18.9. The maximum atomic E-state index is 12.5. The highest BCUT2D eigenvalue weighted by Gasteiger charge is 2.24. The predicted molar refractivity (Wildman–Crippen MR) is 94.8 cm³/mol. The highest BCUT2D eigenvalue weighted by molar-refractivity contribution is 7.86. The van der Waals surface area contributed by atoms with E-state index in [4.69, 9.17) is 0 Å². The van der Waals surface area contributed by atoms with Crippen LogP contribution >= 0.6 is 0 Å². The summed E-state index contributed by atoms with van der Waals surface area (Å²) in [7, 11) is -4.66. The van der Waals surface area contributed by atoms with E-state index in [1.165, 1.54) is 36.4 Å². The van der Waals surface area contributed by atoms with Crippen molar-refractivity contribution in [3.05, 3.63) is 76.3 Å². The molecule has 2 N–H and O–H groups in total. The number of nitrogens with one attached hydrogen (secondary N) is 1. The third kappa shape index (κ3) is 3.25. The van der Waals surface area contributed by atoms with Crippen molar-refractivity contribution in [3.63, 3.8) is 0 Å². The molecule has 0 saturated heterocycles. The number of hydrogen-bond donors (Lipinski definition) is 2. The van der Waals surface area contributed by atoms with E-state index < -0.39 is 31.5 Å². The molecule has 9 heteroatoms. The van der Waals surface area contributed by atoms with Gasteiger partial charge in [-0.3, -0.25) is 19.5 Å². The Kier molecular flexibility index (Phi) is 4.41. The quantitative estimate of drug-likeness (QED) is 0.411. The first-order valence-electron chi connectivity index (χ1n) is 7.33.